The summed E-state index contributed by atoms with van der Waals surface area (Å²) in [6, 6.07) is 0. The Hall–Kier alpha value is -2.28. The van der Waals surface area contributed by atoms with Gasteiger partial charge in [-0.15, -0.1) is 0 Å². The van der Waals surface area contributed by atoms with Crippen LogP contribution < -0.4 is 0 Å². The summed E-state index contributed by atoms with van der Waals surface area (Å²) in [7, 11) is 0. The average Bonchev–Trinajstić information content (AvgIpc) is 3.15. The molecule has 332 valence electrons. The maximum absolute atomic E-state index is 12.5. The lowest BCUT2D eigenvalue weighted by Crippen LogP contribution is -2.60. The Bertz CT molecular complexity index is 1300. The Morgan fingerprint density at radius 1 is 0.702 bits per heavy atom. The first-order valence-corrected chi connectivity index (χ1v) is 20.2. The molecular formula is C42H74O15. The standard InChI is InChI=1S/C42H74O15/c1-12-21(2)13-22(3)14-27(8)40(57-42-39(52)38(51)37(50)33(56-42)20-54-30(11)44)28(9)16-25(6)34(47)23(4)15-24(5)35(48)26(7)17-29(10)41(53)55-19-32(46)36(49)31(45)18-43/h15-17,21-23,26-28,31-40,42-43,45-52H,12-14,18-20H2,1-11H3/b24-15+,25-16+,29-17+/t21?,22?,23?,26?,27?,28?,31-,32-,33?,34?,35?,36-,37+,38+,39?,40?,42+/m1/s1. The van der Waals surface area contributed by atoms with E-state index in [0.29, 0.717) is 23.0 Å². The highest BCUT2D eigenvalue weighted by Crippen LogP contribution is 2.33. The van der Waals surface area contributed by atoms with Crippen LogP contribution in [0.4, 0.5) is 0 Å². The largest absolute Gasteiger partial charge is 0.463 e. The summed E-state index contributed by atoms with van der Waals surface area (Å²) in [4.78, 5) is 23.9. The van der Waals surface area contributed by atoms with E-state index >= 15 is 0 Å². The Balaban J connectivity index is 3.20. The number of carbonyl (C=O) groups is 2. The summed E-state index contributed by atoms with van der Waals surface area (Å²) in [5.74, 6) is -1.96. The van der Waals surface area contributed by atoms with Crippen LogP contribution in [0.5, 0.6) is 0 Å². The molecule has 1 rings (SSSR count). The fourth-order valence-electron chi connectivity index (χ4n) is 7.35. The molecule has 0 aromatic heterocycles. The third-order valence-electron chi connectivity index (χ3n) is 10.9. The normalized spacial score (nSPS) is 27.5. The lowest BCUT2D eigenvalue weighted by atomic mass is 9.82. The minimum absolute atomic E-state index is 0.0761. The first-order valence-electron chi connectivity index (χ1n) is 20.2. The number of ether oxygens (including phenoxy) is 4. The molecule has 15 nitrogen and oxygen atoms in total. The number of esters is 2. The molecule has 0 bridgehead atoms. The van der Waals surface area contributed by atoms with Gasteiger partial charge in [0, 0.05) is 30.3 Å². The predicted octanol–water partition coefficient (Wildman–Crippen LogP) is 1.93. The van der Waals surface area contributed by atoms with Gasteiger partial charge in [0.05, 0.1) is 24.9 Å². The SMILES string of the molecule is CCC(C)CC(C)CC(C)C(O[C@@H]1OC(COC(C)=O)[C@H](O)[C@H](O)C1O)C(C)/C=C(\C)C(O)C(C)/C=C(\C)C(O)C(C)/C=C(\C)C(=O)OC[C@@H](O)[C@H](O)[C@H](O)CO. The van der Waals surface area contributed by atoms with Gasteiger partial charge in [-0.25, -0.2) is 4.79 Å². The van der Waals surface area contributed by atoms with E-state index < -0.39 is 104 Å². The zero-order chi connectivity index (χ0) is 43.9. The summed E-state index contributed by atoms with van der Waals surface area (Å²) < 4.78 is 22.4. The van der Waals surface area contributed by atoms with Crippen molar-refractivity contribution in [1.29, 1.82) is 0 Å². The smallest absolute Gasteiger partial charge is 0.333 e. The minimum Gasteiger partial charge on any atom is -0.463 e. The molecule has 0 radical (unpaired) electrons. The molecule has 0 saturated carbocycles. The molecule has 1 heterocycles. The average molecular weight is 819 g/mol. The first-order chi connectivity index (χ1) is 26.5. The third kappa shape index (κ3) is 17.1. The van der Waals surface area contributed by atoms with Crippen LogP contribution >= 0.6 is 0 Å². The number of aliphatic hydroxyl groups excluding tert-OH is 9. The van der Waals surface area contributed by atoms with Gasteiger partial charge in [-0.3, -0.25) is 4.79 Å². The van der Waals surface area contributed by atoms with E-state index in [1.54, 1.807) is 33.8 Å². The number of rotatable bonds is 24. The molecule has 0 spiro atoms. The monoisotopic (exact) mass is 819 g/mol. The van der Waals surface area contributed by atoms with Crippen LogP contribution in [-0.4, -0.2) is 145 Å². The quantitative estimate of drug-likeness (QED) is 0.0383. The molecule has 0 aromatic carbocycles. The molecule has 1 saturated heterocycles. The van der Waals surface area contributed by atoms with Crippen molar-refractivity contribution in [3.63, 3.8) is 0 Å². The second-order valence-electron chi connectivity index (χ2n) is 16.5. The van der Waals surface area contributed by atoms with E-state index in [1.165, 1.54) is 19.9 Å². The Morgan fingerprint density at radius 3 is 1.77 bits per heavy atom. The molecule has 1 fully saturated rings. The predicted molar refractivity (Wildman–Crippen MR) is 212 cm³/mol. The zero-order valence-electron chi connectivity index (χ0n) is 35.8. The minimum atomic E-state index is -1.71. The molecule has 1 aliphatic heterocycles. The van der Waals surface area contributed by atoms with Crippen molar-refractivity contribution in [3.05, 3.63) is 34.9 Å². The van der Waals surface area contributed by atoms with E-state index in [2.05, 4.69) is 20.8 Å². The van der Waals surface area contributed by atoms with Crippen molar-refractivity contribution in [2.24, 2.45) is 35.5 Å². The maximum Gasteiger partial charge on any atom is 0.333 e. The van der Waals surface area contributed by atoms with Gasteiger partial charge < -0.3 is 64.9 Å². The number of hydrogen-bond donors (Lipinski definition) is 9. The van der Waals surface area contributed by atoms with Crippen molar-refractivity contribution in [2.45, 2.75) is 163 Å². The summed E-state index contributed by atoms with van der Waals surface area (Å²) in [5.41, 5.74) is 1.30. The van der Waals surface area contributed by atoms with Gasteiger partial charge in [-0.2, -0.15) is 0 Å². The molecule has 15 heteroatoms. The Morgan fingerprint density at radius 2 is 1.25 bits per heavy atom. The maximum atomic E-state index is 12.5. The van der Waals surface area contributed by atoms with Crippen LogP contribution in [0.25, 0.3) is 0 Å². The summed E-state index contributed by atoms with van der Waals surface area (Å²) in [6.07, 6.45) is -6.74. The second-order valence-corrected chi connectivity index (χ2v) is 16.5. The number of hydrogen-bond acceptors (Lipinski definition) is 15. The molecule has 0 amide bonds. The van der Waals surface area contributed by atoms with Crippen molar-refractivity contribution in [2.75, 3.05) is 19.8 Å². The fourth-order valence-corrected chi connectivity index (χ4v) is 7.35. The van der Waals surface area contributed by atoms with E-state index in [9.17, 15) is 50.4 Å². The van der Waals surface area contributed by atoms with Gasteiger partial charge in [-0.1, -0.05) is 73.1 Å². The molecule has 17 atom stereocenters. The third-order valence-corrected chi connectivity index (χ3v) is 10.9. The molecule has 57 heavy (non-hydrogen) atoms. The van der Waals surface area contributed by atoms with Crippen molar-refractivity contribution in [1.82, 2.24) is 0 Å². The molecule has 1 aliphatic rings. The Kier molecular flexibility index (Phi) is 23.5. The van der Waals surface area contributed by atoms with E-state index in [-0.39, 0.29) is 24.0 Å². The molecule has 9 N–H and O–H groups in total. The van der Waals surface area contributed by atoms with Crippen LogP contribution in [0.15, 0.2) is 34.9 Å². The van der Waals surface area contributed by atoms with E-state index in [0.717, 1.165) is 19.3 Å². The van der Waals surface area contributed by atoms with Crippen LogP contribution in [-0.2, 0) is 28.5 Å². The molecule has 11 unspecified atom stereocenters. The second kappa shape index (κ2) is 25.4. The van der Waals surface area contributed by atoms with Gasteiger partial charge >= 0.3 is 11.9 Å². The highest BCUT2D eigenvalue weighted by Gasteiger charge is 2.46. The van der Waals surface area contributed by atoms with Gasteiger partial charge in [0.1, 0.15) is 55.9 Å². The molecule has 0 aliphatic carbocycles. The van der Waals surface area contributed by atoms with Crippen LogP contribution in [0.2, 0.25) is 0 Å². The highest BCUT2D eigenvalue weighted by atomic mass is 16.7. The van der Waals surface area contributed by atoms with Crippen molar-refractivity contribution in [3.8, 4) is 0 Å². The summed E-state index contributed by atoms with van der Waals surface area (Å²) >= 11 is 0. The van der Waals surface area contributed by atoms with Gasteiger partial charge in [0.2, 0.25) is 0 Å². The van der Waals surface area contributed by atoms with Gasteiger partial charge in [-0.05, 0) is 62.5 Å². The van der Waals surface area contributed by atoms with Crippen LogP contribution in [0.1, 0.15) is 95.4 Å². The lowest BCUT2D eigenvalue weighted by molar-refractivity contribution is -0.317. The number of aliphatic hydroxyl groups is 9. The first kappa shape index (κ1) is 52.7. The number of carbonyl (C=O) groups excluding carboxylic acids is 2. The summed E-state index contributed by atoms with van der Waals surface area (Å²) in [5, 5.41) is 92.7. The molecular weight excluding hydrogens is 744 g/mol. The van der Waals surface area contributed by atoms with E-state index in [4.69, 9.17) is 24.1 Å². The fraction of sp³-hybridized carbons (Fsp3) is 0.810. The zero-order valence-corrected chi connectivity index (χ0v) is 35.8. The van der Waals surface area contributed by atoms with Gasteiger partial charge in [0.15, 0.2) is 6.29 Å². The van der Waals surface area contributed by atoms with E-state index in [1.807, 2.05) is 19.9 Å². The van der Waals surface area contributed by atoms with Crippen molar-refractivity contribution < 1.29 is 74.5 Å². The lowest BCUT2D eigenvalue weighted by Gasteiger charge is -2.43. The van der Waals surface area contributed by atoms with Crippen LogP contribution in [0.3, 0.4) is 0 Å². The Labute approximate surface area is 339 Å². The van der Waals surface area contributed by atoms with Gasteiger partial charge in [0.25, 0.3) is 0 Å². The summed E-state index contributed by atoms with van der Waals surface area (Å²) in [6.45, 7) is 18.4. The topological polar surface area (TPSA) is 253 Å². The molecule has 0 aromatic rings. The van der Waals surface area contributed by atoms with Crippen molar-refractivity contribution >= 4 is 11.9 Å². The highest BCUT2D eigenvalue weighted by molar-refractivity contribution is 5.87. The van der Waals surface area contributed by atoms with Crippen LogP contribution in [0, 0.1) is 35.5 Å².